The lowest BCUT2D eigenvalue weighted by Crippen LogP contribution is -2.05. The minimum atomic E-state index is -0.482. The molecule has 8 heteroatoms. The van der Waals surface area contributed by atoms with Gasteiger partial charge >= 0.3 is 5.97 Å². The molecule has 0 radical (unpaired) electrons. The molecule has 0 unspecified atom stereocenters. The first-order valence-electron chi connectivity index (χ1n) is 8.23. The van der Waals surface area contributed by atoms with Crippen LogP contribution in [0.1, 0.15) is 16.1 Å². The maximum Gasteiger partial charge on any atom is 0.341 e. The van der Waals surface area contributed by atoms with E-state index in [1.54, 1.807) is 6.20 Å². The molecule has 4 heterocycles. The van der Waals surface area contributed by atoms with Crippen LogP contribution < -0.4 is 5.32 Å². The Labute approximate surface area is 154 Å². The van der Waals surface area contributed by atoms with Crippen LogP contribution in [0.3, 0.4) is 0 Å². The number of hydrogen-bond donors (Lipinski definition) is 1. The van der Waals surface area contributed by atoms with Gasteiger partial charge in [-0.05, 0) is 31.2 Å². The Morgan fingerprint density at radius 3 is 2.74 bits per heavy atom. The van der Waals surface area contributed by atoms with E-state index in [2.05, 4.69) is 30.0 Å². The highest BCUT2D eigenvalue weighted by molar-refractivity contribution is 5.88. The van der Waals surface area contributed by atoms with Gasteiger partial charge in [0.15, 0.2) is 0 Å². The van der Waals surface area contributed by atoms with Gasteiger partial charge in [0.25, 0.3) is 0 Å². The summed E-state index contributed by atoms with van der Waals surface area (Å²) in [5.41, 5.74) is 4.06. The Bertz CT molecular complexity index is 1120. The van der Waals surface area contributed by atoms with Crippen LogP contribution in [0, 0.1) is 6.92 Å². The number of carbonyl (C=O) groups excluding carboxylic acids is 1. The van der Waals surface area contributed by atoms with E-state index in [1.165, 1.54) is 19.5 Å². The van der Waals surface area contributed by atoms with Crippen molar-refractivity contribution in [2.75, 3.05) is 12.4 Å². The molecule has 0 aliphatic heterocycles. The maximum absolute atomic E-state index is 11.5. The van der Waals surface area contributed by atoms with Crippen LogP contribution in [0.5, 0.6) is 0 Å². The number of esters is 1. The van der Waals surface area contributed by atoms with Crippen LogP contribution in [0.15, 0.2) is 55.1 Å². The van der Waals surface area contributed by atoms with Crippen LogP contribution in [0.4, 0.5) is 11.8 Å². The standard InChI is InChI=1S/C19H16N6O2/c1-12-17(25-8-4-3-5-16(25)23-12)13-6-7-20-15(9-13)24-19-21-10-14(11-22-19)18(26)27-2/h3-11H,1-2H3,(H,20,21,22,24). The van der Waals surface area contributed by atoms with Crippen molar-refractivity contribution in [2.24, 2.45) is 0 Å². The molecule has 4 aromatic heterocycles. The fraction of sp³-hybridized carbons (Fsp3) is 0.105. The predicted molar refractivity (Wildman–Crippen MR) is 99.8 cm³/mol. The molecular formula is C19H16N6O2. The molecule has 4 aromatic rings. The van der Waals surface area contributed by atoms with Crippen molar-refractivity contribution in [1.82, 2.24) is 24.3 Å². The number of imidazole rings is 1. The molecule has 0 aliphatic carbocycles. The van der Waals surface area contributed by atoms with Gasteiger partial charge in [0.1, 0.15) is 11.5 Å². The minimum Gasteiger partial charge on any atom is -0.465 e. The number of ether oxygens (including phenoxy) is 1. The van der Waals surface area contributed by atoms with Crippen molar-refractivity contribution in [2.45, 2.75) is 6.92 Å². The third kappa shape index (κ3) is 3.20. The minimum absolute atomic E-state index is 0.283. The summed E-state index contributed by atoms with van der Waals surface area (Å²) >= 11 is 0. The monoisotopic (exact) mass is 360 g/mol. The molecule has 8 nitrogen and oxygen atoms in total. The zero-order chi connectivity index (χ0) is 18.8. The summed E-state index contributed by atoms with van der Waals surface area (Å²) in [7, 11) is 1.31. The van der Waals surface area contributed by atoms with Crippen molar-refractivity contribution >= 4 is 23.4 Å². The van der Waals surface area contributed by atoms with E-state index < -0.39 is 5.97 Å². The molecule has 0 fully saturated rings. The summed E-state index contributed by atoms with van der Waals surface area (Å²) in [5, 5.41) is 3.04. The van der Waals surface area contributed by atoms with Gasteiger partial charge in [-0.2, -0.15) is 0 Å². The Hall–Kier alpha value is -3.81. The van der Waals surface area contributed by atoms with E-state index in [9.17, 15) is 4.79 Å². The zero-order valence-electron chi connectivity index (χ0n) is 14.7. The molecule has 1 N–H and O–H groups in total. The van der Waals surface area contributed by atoms with Gasteiger partial charge in [0.05, 0.1) is 24.1 Å². The number of aromatic nitrogens is 5. The smallest absolute Gasteiger partial charge is 0.341 e. The highest BCUT2D eigenvalue weighted by Crippen LogP contribution is 2.26. The average Bonchev–Trinajstić information content (AvgIpc) is 3.04. The number of pyridine rings is 2. The van der Waals surface area contributed by atoms with Gasteiger partial charge in [0.2, 0.25) is 5.95 Å². The number of anilines is 2. The average molecular weight is 360 g/mol. The van der Waals surface area contributed by atoms with Crippen molar-refractivity contribution < 1.29 is 9.53 Å². The zero-order valence-corrected chi connectivity index (χ0v) is 14.7. The molecule has 134 valence electrons. The molecule has 0 aromatic carbocycles. The number of rotatable bonds is 4. The molecule has 0 atom stereocenters. The van der Waals surface area contributed by atoms with Gasteiger partial charge in [-0.15, -0.1) is 0 Å². The number of aryl methyl sites for hydroxylation is 1. The Morgan fingerprint density at radius 1 is 1.15 bits per heavy atom. The second kappa shape index (κ2) is 6.83. The van der Waals surface area contributed by atoms with Crippen molar-refractivity contribution in [3.05, 3.63) is 66.4 Å². The summed E-state index contributed by atoms with van der Waals surface area (Å²) in [6.45, 7) is 1.98. The number of fused-ring (bicyclic) bond motifs is 1. The lowest BCUT2D eigenvalue weighted by molar-refractivity contribution is 0.0600. The fourth-order valence-corrected chi connectivity index (χ4v) is 2.84. The molecule has 0 bridgehead atoms. The lowest BCUT2D eigenvalue weighted by Gasteiger charge is -2.07. The Morgan fingerprint density at radius 2 is 1.96 bits per heavy atom. The number of nitrogens with one attached hydrogen (secondary N) is 1. The number of methoxy groups -OCH3 is 1. The highest BCUT2D eigenvalue weighted by Gasteiger charge is 2.12. The molecule has 27 heavy (non-hydrogen) atoms. The van der Waals surface area contributed by atoms with E-state index >= 15 is 0 Å². The van der Waals surface area contributed by atoms with Crippen LogP contribution in [-0.2, 0) is 4.74 Å². The summed E-state index contributed by atoms with van der Waals surface area (Å²) < 4.78 is 6.68. The first-order chi connectivity index (χ1) is 13.2. The van der Waals surface area contributed by atoms with Gasteiger partial charge in [-0.25, -0.2) is 24.7 Å². The predicted octanol–water partition coefficient (Wildman–Crippen LogP) is 3.02. The summed E-state index contributed by atoms with van der Waals surface area (Å²) in [6, 6.07) is 9.72. The number of nitrogens with zero attached hydrogens (tertiary/aromatic N) is 5. The summed E-state index contributed by atoms with van der Waals surface area (Å²) in [4.78, 5) is 28.6. The highest BCUT2D eigenvalue weighted by atomic mass is 16.5. The third-order valence-corrected chi connectivity index (χ3v) is 4.05. The molecule has 0 saturated heterocycles. The molecule has 0 saturated carbocycles. The van der Waals surface area contributed by atoms with Gasteiger partial charge in [-0.1, -0.05) is 6.07 Å². The maximum atomic E-state index is 11.5. The largest absolute Gasteiger partial charge is 0.465 e. The SMILES string of the molecule is COC(=O)c1cnc(Nc2cc(-c3c(C)nc4ccccn34)ccn2)nc1. The fourth-order valence-electron chi connectivity index (χ4n) is 2.84. The molecule has 0 spiro atoms. The van der Waals surface area contributed by atoms with E-state index in [-0.39, 0.29) is 5.56 Å². The van der Waals surface area contributed by atoms with E-state index in [0.717, 1.165) is 22.6 Å². The van der Waals surface area contributed by atoms with Gasteiger partial charge < -0.3 is 10.1 Å². The molecule has 0 aliphatic rings. The number of hydrogen-bond acceptors (Lipinski definition) is 7. The second-order valence-corrected chi connectivity index (χ2v) is 5.82. The Balaban J connectivity index is 1.65. The van der Waals surface area contributed by atoms with Crippen LogP contribution >= 0.6 is 0 Å². The first-order valence-corrected chi connectivity index (χ1v) is 8.23. The molecule has 4 rings (SSSR count). The summed E-state index contributed by atoms with van der Waals surface area (Å²) in [5.74, 6) is 0.440. The lowest BCUT2D eigenvalue weighted by atomic mass is 10.1. The van der Waals surface area contributed by atoms with Gasteiger partial charge in [-0.3, -0.25) is 4.40 Å². The van der Waals surface area contributed by atoms with Crippen LogP contribution in [0.2, 0.25) is 0 Å². The van der Waals surface area contributed by atoms with E-state index in [1.807, 2.05) is 47.9 Å². The quantitative estimate of drug-likeness (QED) is 0.559. The van der Waals surface area contributed by atoms with Crippen molar-refractivity contribution in [1.29, 1.82) is 0 Å². The van der Waals surface area contributed by atoms with E-state index in [4.69, 9.17) is 0 Å². The molecule has 0 amide bonds. The van der Waals surface area contributed by atoms with E-state index in [0.29, 0.717) is 11.8 Å². The van der Waals surface area contributed by atoms with Gasteiger partial charge in [0, 0.05) is 30.4 Å². The normalized spacial score (nSPS) is 10.7. The third-order valence-electron chi connectivity index (χ3n) is 4.05. The number of carbonyl (C=O) groups is 1. The first kappa shape index (κ1) is 16.6. The summed E-state index contributed by atoms with van der Waals surface area (Å²) in [6.07, 6.45) is 6.49. The van der Waals surface area contributed by atoms with Crippen molar-refractivity contribution in [3.63, 3.8) is 0 Å². The Kier molecular flexibility index (Phi) is 4.21. The van der Waals surface area contributed by atoms with Crippen LogP contribution in [-0.4, -0.2) is 37.4 Å². The molecular weight excluding hydrogens is 344 g/mol. The topological polar surface area (TPSA) is 94.3 Å². The van der Waals surface area contributed by atoms with Crippen LogP contribution in [0.25, 0.3) is 16.9 Å². The van der Waals surface area contributed by atoms with Crippen molar-refractivity contribution in [3.8, 4) is 11.3 Å². The second-order valence-electron chi connectivity index (χ2n) is 5.82.